The Labute approximate surface area is 91.3 Å². The topological polar surface area (TPSA) is 17.8 Å². The maximum atomic E-state index is 13.7. The number of halogens is 4. The first-order chi connectivity index (χ1) is 7.09. The van der Waals surface area contributed by atoms with Gasteiger partial charge in [-0.2, -0.15) is 22.7 Å². The van der Waals surface area contributed by atoms with Crippen molar-refractivity contribution in [2.24, 2.45) is 0 Å². The molecule has 1 aromatic rings. The summed E-state index contributed by atoms with van der Waals surface area (Å²) in [5, 5.41) is 3.69. The van der Waals surface area contributed by atoms with Crippen molar-refractivity contribution in [2.45, 2.75) is 45.8 Å². The second kappa shape index (κ2) is 3.75. The lowest BCUT2D eigenvalue weighted by Gasteiger charge is -2.19. The summed E-state index contributed by atoms with van der Waals surface area (Å²) in [5.74, 6) is -1.31. The van der Waals surface area contributed by atoms with Gasteiger partial charge in [0.25, 0.3) is 0 Å². The standard InChI is InChI=1S/C10H14F4N2/c1-5-6-7(10(12,13)14)8(11)16(15-6)9(2,3)4/h5H2,1-4H3. The lowest BCUT2D eigenvalue weighted by molar-refractivity contribution is -0.140. The Bertz CT molecular complexity index is 385. The van der Waals surface area contributed by atoms with Crippen LogP contribution in [0.5, 0.6) is 0 Å². The molecule has 0 bridgehead atoms. The maximum absolute atomic E-state index is 13.7. The molecule has 92 valence electrons. The predicted octanol–water partition coefficient (Wildman–Crippen LogP) is 3.36. The first-order valence-electron chi connectivity index (χ1n) is 4.94. The molecule has 0 aliphatic heterocycles. The van der Waals surface area contributed by atoms with Crippen LogP contribution in [-0.4, -0.2) is 9.78 Å². The van der Waals surface area contributed by atoms with Crippen LogP contribution in [0.4, 0.5) is 17.6 Å². The minimum atomic E-state index is -4.70. The van der Waals surface area contributed by atoms with Gasteiger partial charge in [0.15, 0.2) is 0 Å². The van der Waals surface area contributed by atoms with Gasteiger partial charge in [-0.25, -0.2) is 4.68 Å². The van der Waals surface area contributed by atoms with Crippen LogP contribution < -0.4 is 0 Å². The molecule has 0 N–H and O–H groups in total. The Balaban J connectivity index is 3.45. The van der Waals surface area contributed by atoms with E-state index in [1.807, 2.05) is 0 Å². The molecule has 0 spiro atoms. The molecule has 1 aromatic heterocycles. The molecule has 0 fully saturated rings. The molecule has 0 aliphatic carbocycles. The van der Waals surface area contributed by atoms with Gasteiger partial charge in [0.2, 0.25) is 5.95 Å². The monoisotopic (exact) mass is 238 g/mol. The molecule has 0 radical (unpaired) electrons. The number of rotatable bonds is 1. The van der Waals surface area contributed by atoms with E-state index in [2.05, 4.69) is 5.10 Å². The van der Waals surface area contributed by atoms with Crippen molar-refractivity contribution in [3.05, 3.63) is 17.2 Å². The molecule has 0 saturated carbocycles. The van der Waals surface area contributed by atoms with E-state index in [1.54, 1.807) is 20.8 Å². The van der Waals surface area contributed by atoms with Crippen molar-refractivity contribution in [1.29, 1.82) is 0 Å². The Hall–Kier alpha value is -1.07. The SMILES string of the molecule is CCc1nn(C(C)(C)C)c(F)c1C(F)(F)F. The van der Waals surface area contributed by atoms with Crippen LogP contribution in [-0.2, 0) is 18.1 Å². The van der Waals surface area contributed by atoms with Crippen molar-refractivity contribution in [1.82, 2.24) is 9.78 Å². The highest BCUT2D eigenvalue weighted by molar-refractivity contribution is 5.23. The third-order valence-corrected chi connectivity index (χ3v) is 2.16. The van der Waals surface area contributed by atoms with Gasteiger partial charge in [0.1, 0.15) is 5.56 Å². The lowest BCUT2D eigenvalue weighted by atomic mass is 10.1. The highest BCUT2D eigenvalue weighted by atomic mass is 19.4. The summed E-state index contributed by atoms with van der Waals surface area (Å²) in [7, 11) is 0. The van der Waals surface area contributed by atoms with Gasteiger partial charge in [-0.1, -0.05) is 6.92 Å². The Morgan fingerprint density at radius 3 is 1.94 bits per heavy atom. The van der Waals surface area contributed by atoms with Crippen LogP contribution in [0.25, 0.3) is 0 Å². The van der Waals surface area contributed by atoms with Gasteiger partial charge in [-0.05, 0) is 27.2 Å². The molecule has 16 heavy (non-hydrogen) atoms. The third kappa shape index (κ3) is 2.20. The number of nitrogens with zero attached hydrogens (tertiary/aromatic N) is 2. The van der Waals surface area contributed by atoms with Gasteiger partial charge in [-0.15, -0.1) is 0 Å². The van der Waals surface area contributed by atoms with Gasteiger partial charge in [0.05, 0.1) is 11.2 Å². The van der Waals surface area contributed by atoms with Gasteiger partial charge >= 0.3 is 6.18 Å². The molecule has 6 heteroatoms. The van der Waals surface area contributed by atoms with Gasteiger partial charge in [0, 0.05) is 0 Å². The minimum Gasteiger partial charge on any atom is -0.233 e. The van der Waals surface area contributed by atoms with E-state index in [-0.39, 0.29) is 12.1 Å². The zero-order valence-corrected chi connectivity index (χ0v) is 9.61. The number of hydrogen-bond donors (Lipinski definition) is 0. The largest absolute Gasteiger partial charge is 0.422 e. The first-order valence-corrected chi connectivity index (χ1v) is 4.94. The zero-order chi connectivity index (χ0) is 12.7. The van der Waals surface area contributed by atoms with Crippen LogP contribution in [0, 0.1) is 5.95 Å². The van der Waals surface area contributed by atoms with Crippen LogP contribution in [0.3, 0.4) is 0 Å². The number of hydrogen-bond acceptors (Lipinski definition) is 1. The first kappa shape index (κ1) is 13.0. The van der Waals surface area contributed by atoms with Gasteiger partial charge < -0.3 is 0 Å². The van der Waals surface area contributed by atoms with E-state index in [0.29, 0.717) is 0 Å². The van der Waals surface area contributed by atoms with Crippen LogP contribution in [0.1, 0.15) is 39.0 Å². The Morgan fingerprint density at radius 1 is 1.19 bits per heavy atom. The fourth-order valence-corrected chi connectivity index (χ4v) is 1.41. The molecule has 0 amide bonds. The smallest absolute Gasteiger partial charge is 0.233 e. The molecule has 0 saturated heterocycles. The van der Waals surface area contributed by atoms with Crippen molar-refractivity contribution in [2.75, 3.05) is 0 Å². The van der Waals surface area contributed by atoms with Gasteiger partial charge in [-0.3, -0.25) is 0 Å². The molecule has 0 aliphatic rings. The van der Waals surface area contributed by atoms with E-state index in [4.69, 9.17) is 0 Å². The second-order valence-electron chi connectivity index (χ2n) is 4.55. The average Bonchev–Trinajstić information content (AvgIpc) is 2.40. The highest BCUT2D eigenvalue weighted by Gasteiger charge is 2.41. The number of aryl methyl sites for hydroxylation is 1. The summed E-state index contributed by atoms with van der Waals surface area (Å²) in [5.41, 5.74) is -2.30. The van der Waals surface area contributed by atoms with E-state index >= 15 is 0 Å². The summed E-state index contributed by atoms with van der Waals surface area (Å²) in [4.78, 5) is 0. The lowest BCUT2D eigenvalue weighted by Crippen LogP contribution is -2.25. The maximum Gasteiger partial charge on any atom is 0.422 e. The molecule has 0 aromatic carbocycles. The van der Waals surface area contributed by atoms with E-state index < -0.39 is 23.2 Å². The van der Waals surface area contributed by atoms with Crippen LogP contribution in [0.2, 0.25) is 0 Å². The molecular weight excluding hydrogens is 224 g/mol. The second-order valence-corrected chi connectivity index (χ2v) is 4.55. The van der Waals surface area contributed by atoms with E-state index in [1.165, 1.54) is 6.92 Å². The molecule has 0 unspecified atom stereocenters. The van der Waals surface area contributed by atoms with Crippen LogP contribution >= 0.6 is 0 Å². The fourth-order valence-electron chi connectivity index (χ4n) is 1.41. The van der Waals surface area contributed by atoms with Crippen molar-refractivity contribution in [3.63, 3.8) is 0 Å². The summed E-state index contributed by atoms with van der Waals surface area (Å²) in [6.45, 7) is 6.32. The normalized spacial score (nSPS) is 13.2. The number of alkyl halides is 3. The van der Waals surface area contributed by atoms with Crippen LogP contribution in [0.15, 0.2) is 0 Å². The summed E-state index contributed by atoms with van der Waals surface area (Å²) >= 11 is 0. The summed E-state index contributed by atoms with van der Waals surface area (Å²) < 4.78 is 52.3. The molecule has 0 atom stereocenters. The Morgan fingerprint density at radius 2 is 1.69 bits per heavy atom. The molecule has 1 rings (SSSR count). The zero-order valence-electron chi connectivity index (χ0n) is 9.61. The van der Waals surface area contributed by atoms with E-state index in [9.17, 15) is 17.6 Å². The quantitative estimate of drug-likeness (QED) is 0.686. The molecule has 2 nitrogen and oxygen atoms in total. The average molecular weight is 238 g/mol. The third-order valence-electron chi connectivity index (χ3n) is 2.16. The molecular formula is C10H14F4N2. The minimum absolute atomic E-state index is 0.0504. The summed E-state index contributed by atoms with van der Waals surface area (Å²) in [6.07, 6.45) is -4.65. The van der Waals surface area contributed by atoms with Crippen molar-refractivity contribution in [3.8, 4) is 0 Å². The Kier molecular flexibility index (Phi) is 3.04. The number of aromatic nitrogens is 2. The van der Waals surface area contributed by atoms with Crippen molar-refractivity contribution >= 4 is 0 Å². The molecule has 1 heterocycles. The predicted molar refractivity (Wildman–Crippen MR) is 51.6 cm³/mol. The fraction of sp³-hybridized carbons (Fsp3) is 0.700. The van der Waals surface area contributed by atoms with E-state index in [0.717, 1.165) is 4.68 Å². The highest BCUT2D eigenvalue weighted by Crippen LogP contribution is 2.35. The van der Waals surface area contributed by atoms with Crippen molar-refractivity contribution < 1.29 is 17.6 Å². The summed E-state index contributed by atoms with van der Waals surface area (Å²) in [6, 6.07) is 0.